The van der Waals surface area contributed by atoms with Crippen molar-refractivity contribution < 1.29 is 23.9 Å². The molecule has 1 aromatic heterocycles. The molecule has 0 bridgehead atoms. The Kier molecular flexibility index (Phi) is 5.94. The van der Waals surface area contributed by atoms with Crippen LogP contribution in [0.2, 0.25) is 0 Å². The van der Waals surface area contributed by atoms with E-state index in [2.05, 4.69) is 10.6 Å². The van der Waals surface area contributed by atoms with Crippen molar-refractivity contribution in [3.05, 3.63) is 58.5 Å². The topological polar surface area (TPSA) is 109 Å². The molecule has 1 aromatic carbocycles. The van der Waals surface area contributed by atoms with Crippen molar-refractivity contribution in [2.45, 2.75) is 26.8 Å². The quantitative estimate of drug-likeness (QED) is 0.713. The van der Waals surface area contributed by atoms with Gasteiger partial charge >= 0.3 is 5.97 Å². The molecule has 2 amide bonds. The molecule has 0 aliphatic rings. The van der Waals surface area contributed by atoms with E-state index in [0.717, 1.165) is 5.56 Å². The van der Waals surface area contributed by atoms with Gasteiger partial charge in [0, 0.05) is 31.1 Å². The van der Waals surface area contributed by atoms with Crippen LogP contribution in [0.5, 0.6) is 0 Å². The van der Waals surface area contributed by atoms with Gasteiger partial charge in [-0.15, -0.1) is 0 Å². The normalized spacial score (nSPS) is 10.3. The number of carboxylic acids is 1. The molecule has 0 radical (unpaired) electrons. The second-order valence-electron chi connectivity index (χ2n) is 5.35. The van der Waals surface area contributed by atoms with Gasteiger partial charge in [0.1, 0.15) is 11.3 Å². The zero-order valence-electron chi connectivity index (χ0n) is 14.1. The number of furan rings is 1. The Balaban J connectivity index is 2.06. The number of carboxylic acid groups (broad SMARTS) is 1. The van der Waals surface area contributed by atoms with Gasteiger partial charge in [0.2, 0.25) is 0 Å². The van der Waals surface area contributed by atoms with Gasteiger partial charge in [-0.25, -0.2) is 4.79 Å². The summed E-state index contributed by atoms with van der Waals surface area (Å²) in [5.74, 6) is -1.61. The summed E-state index contributed by atoms with van der Waals surface area (Å²) in [4.78, 5) is 35.1. The van der Waals surface area contributed by atoms with E-state index < -0.39 is 11.9 Å². The van der Waals surface area contributed by atoms with Gasteiger partial charge in [-0.1, -0.05) is 19.1 Å². The van der Waals surface area contributed by atoms with E-state index in [1.165, 1.54) is 6.07 Å². The fourth-order valence-electron chi connectivity index (χ4n) is 2.34. The SMILES string of the molecule is CCNC(=O)c1cccc(CNC(=O)c2cc(C(=O)O)c(CC)o2)c1. The molecule has 7 nitrogen and oxygen atoms in total. The van der Waals surface area contributed by atoms with Crippen molar-refractivity contribution in [1.29, 1.82) is 0 Å². The van der Waals surface area contributed by atoms with E-state index in [1.54, 1.807) is 31.2 Å². The van der Waals surface area contributed by atoms with Crippen LogP contribution in [0.1, 0.15) is 56.4 Å². The third-order valence-electron chi connectivity index (χ3n) is 3.56. The van der Waals surface area contributed by atoms with Gasteiger partial charge in [-0.2, -0.15) is 0 Å². The highest BCUT2D eigenvalue weighted by Gasteiger charge is 2.19. The third kappa shape index (κ3) is 4.47. The number of amides is 2. The number of hydrogen-bond acceptors (Lipinski definition) is 4. The lowest BCUT2D eigenvalue weighted by atomic mass is 10.1. The molecule has 2 rings (SSSR count). The zero-order valence-corrected chi connectivity index (χ0v) is 14.1. The third-order valence-corrected chi connectivity index (χ3v) is 3.56. The summed E-state index contributed by atoms with van der Waals surface area (Å²) in [7, 11) is 0. The van der Waals surface area contributed by atoms with E-state index in [-0.39, 0.29) is 29.5 Å². The van der Waals surface area contributed by atoms with Crippen LogP contribution < -0.4 is 10.6 Å². The number of benzene rings is 1. The lowest BCUT2D eigenvalue weighted by molar-refractivity contribution is 0.0693. The molecule has 1 heterocycles. The van der Waals surface area contributed by atoms with Gasteiger partial charge < -0.3 is 20.2 Å². The predicted molar refractivity (Wildman–Crippen MR) is 90.7 cm³/mol. The lowest BCUT2D eigenvalue weighted by Crippen LogP contribution is -2.24. The number of carbonyl (C=O) groups excluding carboxylic acids is 2. The van der Waals surface area contributed by atoms with Gasteiger partial charge in [0.25, 0.3) is 11.8 Å². The van der Waals surface area contributed by atoms with E-state index >= 15 is 0 Å². The van der Waals surface area contributed by atoms with E-state index in [0.29, 0.717) is 18.5 Å². The van der Waals surface area contributed by atoms with E-state index in [4.69, 9.17) is 9.52 Å². The van der Waals surface area contributed by atoms with Crippen molar-refractivity contribution in [2.75, 3.05) is 6.54 Å². The number of aromatic carboxylic acids is 1. The minimum Gasteiger partial charge on any atom is -0.478 e. The summed E-state index contributed by atoms with van der Waals surface area (Å²) in [6, 6.07) is 8.12. The predicted octanol–water partition coefficient (Wildman–Crippen LogP) is 2.22. The van der Waals surface area contributed by atoms with Crippen molar-refractivity contribution in [2.24, 2.45) is 0 Å². The molecule has 7 heteroatoms. The molecule has 0 fully saturated rings. The van der Waals surface area contributed by atoms with Gasteiger partial charge in [0.15, 0.2) is 5.76 Å². The fourth-order valence-corrected chi connectivity index (χ4v) is 2.34. The summed E-state index contributed by atoms with van der Waals surface area (Å²) < 4.78 is 5.31. The monoisotopic (exact) mass is 344 g/mol. The maximum atomic E-state index is 12.2. The fraction of sp³-hybridized carbons (Fsp3) is 0.278. The highest BCUT2D eigenvalue weighted by Crippen LogP contribution is 2.16. The number of hydrogen-bond donors (Lipinski definition) is 3. The Morgan fingerprint density at radius 2 is 1.84 bits per heavy atom. The molecular weight excluding hydrogens is 324 g/mol. The summed E-state index contributed by atoms with van der Waals surface area (Å²) in [5, 5.41) is 14.5. The van der Waals surface area contributed by atoms with Crippen LogP contribution in [-0.4, -0.2) is 29.4 Å². The number of aryl methyl sites for hydroxylation is 1. The number of nitrogens with one attached hydrogen (secondary N) is 2. The molecular formula is C18H20N2O5. The average Bonchev–Trinajstić information content (AvgIpc) is 3.05. The molecule has 0 aliphatic heterocycles. The minimum absolute atomic E-state index is 0.00844. The molecule has 25 heavy (non-hydrogen) atoms. The van der Waals surface area contributed by atoms with E-state index in [1.807, 2.05) is 6.92 Å². The summed E-state index contributed by atoms with van der Waals surface area (Å²) >= 11 is 0. The van der Waals surface area contributed by atoms with Gasteiger partial charge in [0.05, 0.1) is 0 Å². The van der Waals surface area contributed by atoms with E-state index in [9.17, 15) is 14.4 Å². The standard InChI is InChI=1S/C18H20N2O5/c1-3-14-13(18(23)24)9-15(25-14)17(22)20-10-11-6-5-7-12(8-11)16(21)19-4-2/h5-9H,3-4,10H2,1-2H3,(H,19,21)(H,20,22)(H,23,24). The molecule has 132 valence electrons. The summed E-state index contributed by atoms with van der Waals surface area (Å²) in [5.41, 5.74) is 1.25. The minimum atomic E-state index is -1.13. The Morgan fingerprint density at radius 3 is 2.44 bits per heavy atom. The van der Waals surface area contributed by atoms with Crippen LogP contribution in [0.3, 0.4) is 0 Å². The maximum absolute atomic E-state index is 12.2. The van der Waals surface area contributed by atoms with Crippen LogP contribution in [0.15, 0.2) is 34.7 Å². The second-order valence-corrected chi connectivity index (χ2v) is 5.35. The highest BCUT2D eigenvalue weighted by molar-refractivity contribution is 5.96. The Hall–Kier alpha value is -3.09. The van der Waals surface area contributed by atoms with Crippen LogP contribution in [0.25, 0.3) is 0 Å². The Morgan fingerprint density at radius 1 is 1.08 bits per heavy atom. The number of rotatable bonds is 7. The first kappa shape index (κ1) is 18.3. The molecule has 3 N–H and O–H groups in total. The van der Waals surface area contributed by atoms with Crippen LogP contribution in [0.4, 0.5) is 0 Å². The summed E-state index contributed by atoms with van der Waals surface area (Å²) in [6.45, 7) is 4.31. The van der Waals surface area contributed by atoms with Crippen molar-refractivity contribution in [3.63, 3.8) is 0 Å². The average molecular weight is 344 g/mol. The van der Waals surface area contributed by atoms with Crippen molar-refractivity contribution in [1.82, 2.24) is 10.6 Å². The highest BCUT2D eigenvalue weighted by atomic mass is 16.4. The largest absolute Gasteiger partial charge is 0.478 e. The van der Waals surface area contributed by atoms with Crippen LogP contribution in [-0.2, 0) is 13.0 Å². The second kappa shape index (κ2) is 8.14. The lowest BCUT2D eigenvalue weighted by Gasteiger charge is -2.06. The molecule has 2 aromatic rings. The molecule has 0 unspecified atom stereocenters. The molecule has 0 saturated carbocycles. The molecule has 0 atom stereocenters. The van der Waals surface area contributed by atoms with Crippen LogP contribution in [0, 0.1) is 0 Å². The zero-order chi connectivity index (χ0) is 18.4. The van der Waals surface area contributed by atoms with Crippen LogP contribution >= 0.6 is 0 Å². The Bertz CT molecular complexity index is 795. The first-order valence-electron chi connectivity index (χ1n) is 7.97. The Labute approximate surface area is 145 Å². The van der Waals surface area contributed by atoms with Crippen molar-refractivity contribution >= 4 is 17.8 Å². The first-order chi connectivity index (χ1) is 12.0. The number of carbonyl (C=O) groups is 3. The smallest absolute Gasteiger partial charge is 0.339 e. The van der Waals surface area contributed by atoms with Gasteiger partial charge in [-0.3, -0.25) is 9.59 Å². The van der Waals surface area contributed by atoms with Gasteiger partial charge in [-0.05, 0) is 24.6 Å². The molecule has 0 spiro atoms. The summed E-state index contributed by atoms with van der Waals surface area (Å²) in [6.07, 6.45) is 0.378. The molecule has 0 saturated heterocycles. The molecule has 0 aliphatic carbocycles. The maximum Gasteiger partial charge on any atom is 0.339 e. The van der Waals surface area contributed by atoms with Crippen molar-refractivity contribution in [3.8, 4) is 0 Å². The first-order valence-corrected chi connectivity index (χ1v) is 7.97.